The molecule has 16 heavy (non-hydrogen) atoms. The van der Waals surface area contributed by atoms with Crippen LogP contribution in [-0.4, -0.2) is 32.9 Å². The average Bonchev–Trinajstić information content (AvgIpc) is 2.47. The highest BCUT2D eigenvalue weighted by Crippen LogP contribution is 2.36. The van der Waals surface area contributed by atoms with Crippen molar-refractivity contribution in [1.29, 1.82) is 0 Å². The molecular formula is C10H18Cl3N3. The van der Waals surface area contributed by atoms with Crippen molar-refractivity contribution >= 4 is 41.1 Å². The van der Waals surface area contributed by atoms with E-state index >= 15 is 0 Å². The molecule has 0 aromatic heterocycles. The van der Waals surface area contributed by atoms with Gasteiger partial charge in [0.25, 0.3) is 3.92 Å². The van der Waals surface area contributed by atoms with E-state index in [2.05, 4.69) is 25.9 Å². The number of hydrogen-bond donors (Lipinski definition) is 0. The van der Waals surface area contributed by atoms with Crippen LogP contribution in [0.3, 0.4) is 0 Å². The van der Waals surface area contributed by atoms with Crippen molar-refractivity contribution in [3.05, 3.63) is 0 Å². The molecule has 6 heteroatoms. The van der Waals surface area contributed by atoms with E-state index in [-0.39, 0.29) is 6.17 Å². The van der Waals surface area contributed by atoms with E-state index in [0.29, 0.717) is 5.92 Å². The molecule has 1 aliphatic rings. The molecule has 0 aliphatic carbocycles. The summed E-state index contributed by atoms with van der Waals surface area (Å²) in [5, 5.41) is 6.28. The Morgan fingerprint density at radius 1 is 1.38 bits per heavy atom. The van der Waals surface area contributed by atoms with Gasteiger partial charge < -0.3 is 0 Å². The summed E-state index contributed by atoms with van der Waals surface area (Å²) >= 11 is 17.8. The molecule has 1 rings (SSSR count). The van der Waals surface area contributed by atoms with Crippen molar-refractivity contribution in [2.24, 2.45) is 11.0 Å². The van der Waals surface area contributed by atoms with Gasteiger partial charge >= 0.3 is 0 Å². The van der Waals surface area contributed by atoms with Gasteiger partial charge in [0.1, 0.15) is 12.5 Å². The molecule has 0 aromatic rings. The Kier molecular flexibility index (Phi) is 5.02. The van der Waals surface area contributed by atoms with Crippen LogP contribution >= 0.6 is 34.8 Å². The quantitative estimate of drug-likeness (QED) is 0.580. The molecule has 0 saturated carbocycles. The van der Waals surface area contributed by atoms with Gasteiger partial charge in [0.15, 0.2) is 0 Å². The first-order chi connectivity index (χ1) is 7.36. The summed E-state index contributed by atoms with van der Waals surface area (Å²) in [6, 6.07) is 0. The largest absolute Gasteiger partial charge is 0.295 e. The van der Waals surface area contributed by atoms with Gasteiger partial charge in [-0.1, -0.05) is 55.6 Å². The summed E-state index contributed by atoms with van der Waals surface area (Å²) in [6.45, 7) is 7.29. The summed E-state index contributed by atoms with van der Waals surface area (Å²) in [4.78, 5) is 1.69. The first-order valence-corrected chi connectivity index (χ1v) is 6.65. The van der Waals surface area contributed by atoms with Gasteiger partial charge in [-0.25, -0.2) is 0 Å². The van der Waals surface area contributed by atoms with Crippen LogP contribution in [0.1, 0.15) is 33.6 Å². The highest BCUT2D eigenvalue weighted by atomic mass is 35.6. The third-order valence-corrected chi connectivity index (χ3v) is 3.00. The van der Waals surface area contributed by atoms with Gasteiger partial charge in [-0.2, -0.15) is 5.10 Å². The first kappa shape index (κ1) is 14.2. The highest BCUT2D eigenvalue weighted by molar-refractivity contribution is 6.67. The SMILES string of the molecule is CCCN1N=CN(C(Cl)(Cl)Cl)C1CC(C)C. The van der Waals surface area contributed by atoms with Crippen molar-refractivity contribution in [2.45, 2.75) is 43.7 Å². The molecule has 0 aromatic carbocycles. The Bertz CT molecular complexity index is 250. The predicted octanol–water partition coefficient (Wildman–Crippen LogP) is 3.66. The number of hydrogen-bond acceptors (Lipinski definition) is 3. The summed E-state index contributed by atoms with van der Waals surface area (Å²) in [7, 11) is 0. The number of halogens is 3. The van der Waals surface area contributed by atoms with E-state index in [1.807, 2.05) is 5.01 Å². The molecule has 0 saturated heterocycles. The number of hydrazone groups is 1. The minimum atomic E-state index is -1.43. The molecule has 0 N–H and O–H groups in total. The lowest BCUT2D eigenvalue weighted by Crippen LogP contribution is -2.46. The fraction of sp³-hybridized carbons (Fsp3) is 0.900. The maximum atomic E-state index is 5.92. The molecule has 0 fully saturated rings. The summed E-state index contributed by atoms with van der Waals surface area (Å²) < 4.78 is -1.43. The van der Waals surface area contributed by atoms with Crippen LogP contribution in [0.15, 0.2) is 5.10 Å². The van der Waals surface area contributed by atoms with Crippen LogP contribution in [0.5, 0.6) is 0 Å². The zero-order valence-corrected chi connectivity index (χ0v) is 12.1. The molecule has 1 heterocycles. The smallest absolute Gasteiger partial charge is 0.270 e. The second-order valence-corrected chi connectivity index (χ2v) is 6.60. The van der Waals surface area contributed by atoms with Crippen LogP contribution in [-0.2, 0) is 0 Å². The van der Waals surface area contributed by atoms with Gasteiger partial charge in [0, 0.05) is 6.54 Å². The van der Waals surface area contributed by atoms with Crippen LogP contribution < -0.4 is 0 Å². The second-order valence-electron chi connectivity index (χ2n) is 4.38. The van der Waals surface area contributed by atoms with Gasteiger partial charge in [0.05, 0.1) is 0 Å². The molecule has 0 amide bonds. The minimum Gasteiger partial charge on any atom is -0.295 e. The monoisotopic (exact) mass is 285 g/mol. The maximum absolute atomic E-state index is 5.92. The van der Waals surface area contributed by atoms with E-state index in [9.17, 15) is 0 Å². The van der Waals surface area contributed by atoms with E-state index in [4.69, 9.17) is 34.8 Å². The Balaban J connectivity index is 2.75. The van der Waals surface area contributed by atoms with E-state index in [0.717, 1.165) is 19.4 Å². The Hall–Kier alpha value is 0.140. The van der Waals surface area contributed by atoms with Crippen molar-refractivity contribution in [2.75, 3.05) is 6.54 Å². The zero-order valence-electron chi connectivity index (χ0n) is 9.83. The minimum absolute atomic E-state index is 0.0486. The fourth-order valence-corrected chi connectivity index (χ4v) is 2.22. The maximum Gasteiger partial charge on any atom is 0.270 e. The molecule has 0 radical (unpaired) electrons. The lowest BCUT2D eigenvalue weighted by atomic mass is 10.1. The van der Waals surface area contributed by atoms with E-state index in [1.54, 1.807) is 11.2 Å². The fourth-order valence-electron chi connectivity index (χ4n) is 1.75. The summed E-state index contributed by atoms with van der Waals surface area (Å²) in [5.74, 6) is 0.529. The van der Waals surface area contributed by atoms with Crippen LogP contribution in [0.4, 0.5) is 0 Å². The van der Waals surface area contributed by atoms with Gasteiger partial charge in [-0.05, 0) is 18.8 Å². The number of rotatable bonds is 4. The third-order valence-electron chi connectivity index (χ3n) is 2.42. The number of alkyl halides is 3. The lowest BCUT2D eigenvalue weighted by Gasteiger charge is -2.35. The molecule has 1 aliphatic heterocycles. The number of nitrogens with zero attached hydrogens (tertiary/aromatic N) is 3. The highest BCUT2D eigenvalue weighted by Gasteiger charge is 2.39. The molecule has 0 bridgehead atoms. The normalized spacial score (nSPS) is 21.3. The lowest BCUT2D eigenvalue weighted by molar-refractivity contribution is 0.108. The standard InChI is InChI=1S/C10H18Cl3N3/c1-4-5-16-9(6-8(2)3)15(7-14-16)10(11,12)13/h7-9H,4-6H2,1-3H3. The molecular weight excluding hydrogens is 268 g/mol. The van der Waals surface area contributed by atoms with Gasteiger partial charge in [0.2, 0.25) is 0 Å². The van der Waals surface area contributed by atoms with Gasteiger partial charge in [-0.3, -0.25) is 9.91 Å². The van der Waals surface area contributed by atoms with Crippen molar-refractivity contribution in [3.8, 4) is 0 Å². The van der Waals surface area contributed by atoms with E-state index in [1.165, 1.54) is 0 Å². The topological polar surface area (TPSA) is 18.8 Å². The summed E-state index contributed by atoms with van der Waals surface area (Å²) in [6.07, 6.45) is 3.62. The summed E-state index contributed by atoms with van der Waals surface area (Å²) in [5.41, 5.74) is 0. The van der Waals surface area contributed by atoms with Crippen LogP contribution in [0, 0.1) is 5.92 Å². The first-order valence-electron chi connectivity index (χ1n) is 5.52. The Morgan fingerprint density at radius 2 is 2.00 bits per heavy atom. The van der Waals surface area contributed by atoms with Gasteiger partial charge in [-0.15, -0.1) is 0 Å². The third kappa shape index (κ3) is 3.57. The van der Waals surface area contributed by atoms with Crippen molar-refractivity contribution in [1.82, 2.24) is 9.91 Å². The molecule has 0 spiro atoms. The molecule has 3 nitrogen and oxygen atoms in total. The average molecular weight is 287 g/mol. The van der Waals surface area contributed by atoms with E-state index < -0.39 is 3.92 Å². The predicted molar refractivity (Wildman–Crippen MR) is 70.9 cm³/mol. The molecule has 1 unspecified atom stereocenters. The molecule has 94 valence electrons. The molecule has 1 atom stereocenters. The second kappa shape index (κ2) is 5.65. The van der Waals surface area contributed by atoms with Crippen LogP contribution in [0.25, 0.3) is 0 Å². The Labute approximate surface area is 112 Å². The van der Waals surface area contributed by atoms with Crippen molar-refractivity contribution < 1.29 is 0 Å². The Morgan fingerprint density at radius 3 is 2.44 bits per heavy atom. The van der Waals surface area contributed by atoms with Crippen LogP contribution in [0.2, 0.25) is 0 Å². The zero-order chi connectivity index (χ0) is 12.3. The van der Waals surface area contributed by atoms with Crippen molar-refractivity contribution in [3.63, 3.8) is 0 Å².